The first-order chi connectivity index (χ1) is 12.6. The van der Waals surface area contributed by atoms with Crippen molar-refractivity contribution in [3.8, 4) is 5.75 Å². The van der Waals surface area contributed by atoms with Crippen LogP contribution < -0.4 is 15.4 Å². The van der Waals surface area contributed by atoms with Crippen LogP contribution in [0.3, 0.4) is 0 Å². The average molecular weight is 365 g/mol. The standard InChI is InChI=1S/C19H25F2N3O2/c1-22-18(23-8-10-25-15-4-3-12(20)11-14(15)21)24-16-13-5-9-26-17(13)19(16)6-2-7-19/h3-4,11,13,16-17H,2,5-10H2,1H3,(H2,22,23,24). The minimum atomic E-state index is -0.693. The van der Waals surface area contributed by atoms with E-state index < -0.39 is 11.6 Å². The maximum Gasteiger partial charge on any atom is 0.191 e. The molecule has 26 heavy (non-hydrogen) atoms. The van der Waals surface area contributed by atoms with Gasteiger partial charge in [-0.15, -0.1) is 0 Å². The molecule has 0 bridgehead atoms. The summed E-state index contributed by atoms with van der Waals surface area (Å²) in [6, 6.07) is 3.71. The number of hydrogen-bond acceptors (Lipinski definition) is 3. The summed E-state index contributed by atoms with van der Waals surface area (Å²) in [4.78, 5) is 4.30. The first-order valence-electron chi connectivity index (χ1n) is 9.31. The SMILES string of the molecule is CN=C(NCCOc1ccc(F)cc1F)NC1C2CCOC2C12CCC2. The topological polar surface area (TPSA) is 54.9 Å². The maximum absolute atomic E-state index is 13.5. The third kappa shape index (κ3) is 2.92. The second-order valence-electron chi connectivity index (χ2n) is 7.37. The Morgan fingerprint density at radius 1 is 1.38 bits per heavy atom. The molecule has 3 atom stereocenters. The summed E-state index contributed by atoms with van der Waals surface area (Å²) < 4.78 is 37.8. The fraction of sp³-hybridized carbons (Fsp3) is 0.632. The summed E-state index contributed by atoms with van der Waals surface area (Å²) in [5.74, 6) is 0.0427. The third-order valence-electron chi connectivity index (χ3n) is 6.10. The van der Waals surface area contributed by atoms with Gasteiger partial charge < -0.3 is 20.1 Å². The number of nitrogens with zero attached hydrogens (tertiary/aromatic N) is 1. The molecule has 2 aliphatic carbocycles. The zero-order valence-electron chi connectivity index (χ0n) is 14.9. The normalized spacial score (nSPS) is 28.9. The molecule has 0 radical (unpaired) electrons. The van der Waals surface area contributed by atoms with Crippen molar-refractivity contribution >= 4 is 5.96 Å². The summed E-state index contributed by atoms with van der Waals surface area (Å²) in [5.41, 5.74) is 0.284. The molecule has 1 aliphatic heterocycles. The van der Waals surface area contributed by atoms with E-state index in [1.165, 1.54) is 31.4 Å². The van der Waals surface area contributed by atoms with Gasteiger partial charge in [0.15, 0.2) is 17.5 Å². The van der Waals surface area contributed by atoms with E-state index in [0.29, 0.717) is 24.6 Å². The van der Waals surface area contributed by atoms with Gasteiger partial charge in [0.1, 0.15) is 12.4 Å². The largest absolute Gasteiger partial charge is 0.489 e. The van der Waals surface area contributed by atoms with E-state index in [1.54, 1.807) is 7.05 Å². The van der Waals surface area contributed by atoms with Gasteiger partial charge in [0.25, 0.3) is 0 Å². The molecule has 2 N–H and O–H groups in total. The van der Waals surface area contributed by atoms with Crippen molar-refractivity contribution in [2.75, 3.05) is 26.8 Å². The Hall–Kier alpha value is -1.89. The molecule has 4 rings (SSSR count). The van der Waals surface area contributed by atoms with E-state index in [4.69, 9.17) is 9.47 Å². The van der Waals surface area contributed by atoms with Gasteiger partial charge in [-0.3, -0.25) is 4.99 Å². The molecule has 2 saturated carbocycles. The molecule has 0 amide bonds. The Morgan fingerprint density at radius 3 is 2.92 bits per heavy atom. The van der Waals surface area contributed by atoms with Crippen LogP contribution in [0.4, 0.5) is 8.78 Å². The molecular formula is C19H25F2N3O2. The summed E-state index contributed by atoms with van der Waals surface area (Å²) in [6.45, 7) is 1.59. The lowest BCUT2D eigenvalue weighted by Crippen LogP contribution is -2.72. The fourth-order valence-corrected chi connectivity index (χ4v) is 4.72. The Morgan fingerprint density at radius 2 is 2.23 bits per heavy atom. The first kappa shape index (κ1) is 17.5. The quantitative estimate of drug-likeness (QED) is 0.478. The highest BCUT2D eigenvalue weighted by Gasteiger charge is 2.66. The smallest absolute Gasteiger partial charge is 0.191 e. The molecular weight excluding hydrogens is 340 g/mol. The van der Waals surface area contributed by atoms with Crippen molar-refractivity contribution in [1.82, 2.24) is 10.6 Å². The van der Waals surface area contributed by atoms with Crippen LogP contribution >= 0.6 is 0 Å². The van der Waals surface area contributed by atoms with Crippen LogP contribution in [0.25, 0.3) is 0 Å². The van der Waals surface area contributed by atoms with Crippen LogP contribution in [0.5, 0.6) is 5.75 Å². The zero-order valence-corrected chi connectivity index (χ0v) is 14.9. The Labute approximate surface area is 152 Å². The second-order valence-corrected chi connectivity index (χ2v) is 7.37. The van der Waals surface area contributed by atoms with Crippen molar-refractivity contribution in [3.63, 3.8) is 0 Å². The predicted octanol–water partition coefficient (Wildman–Crippen LogP) is 2.47. The molecule has 142 valence electrons. The molecule has 1 heterocycles. The lowest BCUT2D eigenvalue weighted by molar-refractivity contribution is -0.171. The highest BCUT2D eigenvalue weighted by molar-refractivity contribution is 5.80. The summed E-state index contributed by atoms with van der Waals surface area (Å²) in [7, 11) is 1.74. The molecule has 1 aromatic carbocycles. The molecule has 3 aliphatic rings. The average Bonchev–Trinajstić information content (AvgIpc) is 2.99. The van der Waals surface area contributed by atoms with E-state index in [0.717, 1.165) is 25.1 Å². The number of guanidine groups is 1. The lowest BCUT2D eigenvalue weighted by Gasteiger charge is -2.63. The van der Waals surface area contributed by atoms with Gasteiger partial charge in [0.05, 0.1) is 12.6 Å². The molecule has 1 aromatic rings. The number of aliphatic imine (C=N–C) groups is 1. The number of nitrogens with one attached hydrogen (secondary N) is 2. The van der Waals surface area contributed by atoms with Gasteiger partial charge in [-0.1, -0.05) is 6.42 Å². The minimum absolute atomic E-state index is 0.0505. The van der Waals surface area contributed by atoms with Crippen molar-refractivity contribution in [1.29, 1.82) is 0 Å². The molecule has 1 saturated heterocycles. The maximum atomic E-state index is 13.5. The van der Waals surface area contributed by atoms with E-state index >= 15 is 0 Å². The van der Waals surface area contributed by atoms with Gasteiger partial charge in [0.2, 0.25) is 0 Å². The highest BCUT2D eigenvalue weighted by atomic mass is 19.1. The van der Waals surface area contributed by atoms with Crippen molar-refractivity contribution in [2.45, 2.75) is 37.8 Å². The monoisotopic (exact) mass is 365 g/mol. The van der Waals surface area contributed by atoms with Crippen LogP contribution in [-0.2, 0) is 4.74 Å². The molecule has 0 aromatic heterocycles. The van der Waals surface area contributed by atoms with E-state index in [-0.39, 0.29) is 17.8 Å². The van der Waals surface area contributed by atoms with E-state index in [9.17, 15) is 8.78 Å². The highest BCUT2D eigenvalue weighted by Crippen LogP contribution is 2.62. The van der Waals surface area contributed by atoms with Crippen molar-refractivity contribution in [2.24, 2.45) is 16.3 Å². The fourth-order valence-electron chi connectivity index (χ4n) is 4.72. The molecule has 5 nitrogen and oxygen atoms in total. The van der Waals surface area contributed by atoms with Crippen LogP contribution in [-0.4, -0.2) is 44.9 Å². The van der Waals surface area contributed by atoms with Crippen molar-refractivity contribution < 1.29 is 18.3 Å². The van der Waals surface area contributed by atoms with E-state index in [1.807, 2.05) is 0 Å². The zero-order chi connectivity index (χ0) is 18.1. The summed E-state index contributed by atoms with van der Waals surface area (Å²) >= 11 is 0. The number of rotatable bonds is 5. The summed E-state index contributed by atoms with van der Waals surface area (Å²) in [6.07, 6.45) is 5.23. The van der Waals surface area contributed by atoms with Crippen molar-refractivity contribution in [3.05, 3.63) is 29.8 Å². The molecule has 3 unspecified atom stereocenters. The third-order valence-corrected chi connectivity index (χ3v) is 6.10. The number of benzene rings is 1. The van der Waals surface area contributed by atoms with Gasteiger partial charge in [-0.25, -0.2) is 8.78 Å². The Kier molecular flexibility index (Phi) is 4.73. The summed E-state index contributed by atoms with van der Waals surface area (Å²) in [5, 5.41) is 6.78. The van der Waals surface area contributed by atoms with Crippen LogP contribution in [0.2, 0.25) is 0 Å². The minimum Gasteiger partial charge on any atom is -0.489 e. The van der Waals surface area contributed by atoms with Crippen LogP contribution in [0, 0.1) is 23.0 Å². The van der Waals surface area contributed by atoms with Crippen LogP contribution in [0.15, 0.2) is 23.2 Å². The van der Waals surface area contributed by atoms with Gasteiger partial charge in [-0.2, -0.15) is 0 Å². The van der Waals surface area contributed by atoms with Gasteiger partial charge in [0, 0.05) is 37.1 Å². The number of fused-ring (bicyclic) bond motifs is 2. The molecule has 1 spiro atoms. The number of ether oxygens (including phenoxy) is 2. The predicted molar refractivity (Wildman–Crippen MR) is 94.3 cm³/mol. The molecule has 3 fully saturated rings. The lowest BCUT2D eigenvalue weighted by atomic mass is 9.46. The Balaban J connectivity index is 1.26. The second kappa shape index (κ2) is 7.02. The van der Waals surface area contributed by atoms with Crippen LogP contribution in [0.1, 0.15) is 25.7 Å². The van der Waals surface area contributed by atoms with Gasteiger partial charge >= 0.3 is 0 Å². The van der Waals surface area contributed by atoms with Gasteiger partial charge in [-0.05, 0) is 31.4 Å². The number of hydrogen-bond donors (Lipinski definition) is 2. The number of halogens is 2. The molecule has 7 heteroatoms. The first-order valence-corrected chi connectivity index (χ1v) is 9.31. The Bertz CT molecular complexity index is 693. The van der Waals surface area contributed by atoms with E-state index in [2.05, 4.69) is 15.6 Å².